The number of aromatic nitrogens is 2. The molecule has 0 fully saturated rings. The van der Waals surface area contributed by atoms with Gasteiger partial charge in [-0.2, -0.15) is 12.6 Å². The van der Waals surface area contributed by atoms with Crippen LogP contribution in [0, 0.1) is 0 Å². The molecule has 0 atom stereocenters. The zero-order valence-electron chi connectivity index (χ0n) is 20.4. The van der Waals surface area contributed by atoms with E-state index in [1.807, 2.05) is 48.5 Å². The Morgan fingerprint density at radius 3 is 1.73 bits per heavy atom. The summed E-state index contributed by atoms with van der Waals surface area (Å²) in [5, 5.41) is 0.821. The lowest BCUT2D eigenvalue weighted by Crippen LogP contribution is -2.04. The first kappa shape index (κ1) is 30.1. The Hall–Kier alpha value is -3.14. The molecule has 0 aliphatic rings. The van der Waals surface area contributed by atoms with E-state index in [4.69, 9.17) is 0 Å². The predicted molar refractivity (Wildman–Crippen MR) is 154 cm³/mol. The Kier molecular flexibility index (Phi) is 14.1. The van der Waals surface area contributed by atoms with Gasteiger partial charge in [-0.1, -0.05) is 72.8 Å². The molecule has 2 aromatic heterocycles. The van der Waals surface area contributed by atoms with Crippen molar-refractivity contribution in [3.05, 3.63) is 124 Å². The Morgan fingerprint density at radius 1 is 0.730 bits per heavy atom. The average Bonchev–Trinajstić information content (AvgIpc) is 2.97. The number of thioether (sulfide) groups is 1. The van der Waals surface area contributed by atoms with Crippen LogP contribution in [0.4, 0.5) is 0 Å². The topological polar surface area (TPSA) is 78.4 Å². The SMILES string of the molecule is COC(=O)c1cccc(Br)n1.COC(=O)c1cccc(SCc2ccccc2)n1.SCc1ccccc1. The van der Waals surface area contributed by atoms with Crippen LogP contribution in [0.5, 0.6) is 0 Å². The third-order valence-corrected chi connectivity index (χ3v) is 6.29. The summed E-state index contributed by atoms with van der Waals surface area (Å²) in [6.45, 7) is 0. The number of pyridine rings is 2. The first-order valence-electron chi connectivity index (χ1n) is 11.0. The molecule has 0 aliphatic carbocycles. The van der Waals surface area contributed by atoms with Gasteiger partial charge in [-0.3, -0.25) is 0 Å². The second-order valence-electron chi connectivity index (χ2n) is 7.11. The molecule has 0 unspecified atom stereocenters. The molecule has 9 heteroatoms. The minimum Gasteiger partial charge on any atom is -0.464 e. The van der Waals surface area contributed by atoms with E-state index >= 15 is 0 Å². The summed E-state index contributed by atoms with van der Waals surface area (Å²) >= 11 is 8.85. The fourth-order valence-corrected chi connectivity index (χ4v) is 4.05. The molecule has 0 saturated carbocycles. The average molecular weight is 600 g/mol. The number of hydrogen-bond donors (Lipinski definition) is 1. The molecule has 0 amide bonds. The van der Waals surface area contributed by atoms with E-state index in [0.29, 0.717) is 16.0 Å². The minimum absolute atomic E-state index is 0.307. The molecule has 0 N–H and O–H groups in total. The van der Waals surface area contributed by atoms with Crippen molar-refractivity contribution < 1.29 is 19.1 Å². The Bertz CT molecular complexity index is 1250. The maximum Gasteiger partial charge on any atom is 0.356 e. The maximum absolute atomic E-state index is 11.3. The molecule has 0 saturated heterocycles. The van der Waals surface area contributed by atoms with Gasteiger partial charge in [0.15, 0.2) is 0 Å². The number of nitrogens with zero attached hydrogens (tertiary/aromatic N) is 2. The summed E-state index contributed by atoms with van der Waals surface area (Å²) in [6, 6.07) is 30.7. The molecule has 0 aliphatic heterocycles. The lowest BCUT2D eigenvalue weighted by Gasteiger charge is -2.03. The fourth-order valence-electron chi connectivity index (χ4n) is 2.65. The van der Waals surface area contributed by atoms with Crippen molar-refractivity contribution in [3.63, 3.8) is 0 Å². The van der Waals surface area contributed by atoms with Gasteiger partial charge in [0.25, 0.3) is 0 Å². The first-order chi connectivity index (χ1) is 18.0. The number of halogens is 1. The highest BCUT2D eigenvalue weighted by Gasteiger charge is 2.08. The van der Waals surface area contributed by atoms with Crippen molar-refractivity contribution in [1.29, 1.82) is 0 Å². The van der Waals surface area contributed by atoms with Crippen LogP contribution in [0.1, 0.15) is 32.1 Å². The Balaban J connectivity index is 0.000000215. The molecular weight excluding hydrogens is 572 g/mol. The standard InChI is InChI=1S/C14H13NO2S.C7H6BrNO2.C7H8S/c1-17-14(16)12-8-5-9-13(15-12)18-10-11-6-3-2-4-7-11;1-11-7(10)5-3-2-4-6(8)9-5;8-6-7-4-2-1-3-5-7/h2-9H,10H2,1H3;2-4H,1H3;1-5,8H,6H2. The molecule has 0 bridgehead atoms. The lowest BCUT2D eigenvalue weighted by atomic mass is 10.2. The molecule has 6 nitrogen and oxygen atoms in total. The van der Waals surface area contributed by atoms with Crippen molar-refractivity contribution in [2.24, 2.45) is 0 Å². The van der Waals surface area contributed by atoms with Gasteiger partial charge in [0.1, 0.15) is 16.0 Å². The number of methoxy groups -OCH3 is 2. The molecule has 192 valence electrons. The van der Waals surface area contributed by atoms with Crippen LogP contribution in [-0.4, -0.2) is 36.1 Å². The second-order valence-corrected chi connectivity index (χ2v) is 9.23. The number of rotatable bonds is 6. The van der Waals surface area contributed by atoms with Gasteiger partial charge < -0.3 is 9.47 Å². The quantitative estimate of drug-likeness (QED) is 0.112. The van der Waals surface area contributed by atoms with Crippen molar-refractivity contribution in [1.82, 2.24) is 9.97 Å². The Morgan fingerprint density at radius 2 is 1.24 bits per heavy atom. The summed E-state index contributed by atoms with van der Waals surface area (Å²) in [5.74, 6) is 0.836. The van der Waals surface area contributed by atoms with Crippen LogP contribution < -0.4 is 0 Å². The molecule has 4 rings (SSSR count). The largest absolute Gasteiger partial charge is 0.464 e. The van der Waals surface area contributed by atoms with Crippen molar-refractivity contribution in [2.45, 2.75) is 16.5 Å². The molecule has 2 aromatic carbocycles. The van der Waals surface area contributed by atoms with Crippen LogP contribution >= 0.6 is 40.3 Å². The van der Waals surface area contributed by atoms with Gasteiger partial charge in [-0.05, 0) is 51.3 Å². The van der Waals surface area contributed by atoms with Gasteiger partial charge in [0.2, 0.25) is 0 Å². The molecular formula is C28H27BrN2O4S2. The highest BCUT2D eigenvalue weighted by molar-refractivity contribution is 9.10. The van der Waals surface area contributed by atoms with Crippen LogP contribution in [0.3, 0.4) is 0 Å². The van der Waals surface area contributed by atoms with E-state index in [-0.39, 0.29) is 0 Å². The molecule has 2 heterocycles. The molecule has 4 aromatic rings. The van der Waals surface area contributed by atoms with E-state index in [0.717, 1.165) is 16.5 Å². The van der Waals surface area contributed by atoms with Gasteiger partial charge in [0, 0.05) is 11.5 Å². The van der Waals surface area contributed by atoms with Crippen LogP contribution in [0.15, 0.2) is 107 Å². The minimum atomic E-state index is -0.425. The van der Waals surface area contributed by atoms with Gasteiger partial charge >= 0.3 is 11.9 Å². The normalized spacial score (nSPS) is 9.62. The summed E-state index contributed by atoms with van der Waals surface area (Å²) in [4.78, 5) is 30.3. The van der Waals surface area contributed by atoms with Crippen LogP contribution in [-0.2, 0) is 21.0 Å². The maximum atomic E-state index is 11.3. The fraction of sp³-hybridized carbons (Fsp3) is 0.143. The van der Waals surface area contributed by atoms with Crippen molar-refractivity contribution in [2.75, 3.05) is 14.2 Å². The van der Waals surface area contributed by atoms with Gasteiger partial charge in [-0.25, -0.2) is 19.6 Å². The van der Waals surface area contributed by atoms with E-state index < -0.39 is 11.9 Å². The van der Waals surface area contributed by atoms with E-state index in [1.165, 1.54) is 25.3 Å². The summed E-state index contributed by atoms with van der Waals surface area (Å²) in [7, 11) is 2.68. The summed E-state index contributed by atoms with van der Waals surface area (Å²) < 4.78 is 9.74. The third-order valence-electron chi connectivity index (χ3n) is 4.48. The number of esters is 2. The van der Waals surface area contributed by atoms with E-state index in [9.17, 15) is 9.59 Å². The molecule has 0 spiro atoms. The molecule has 0 radical (unpaired) electrons. The number of hydrogen-bond acceptors (Lipinski definition) is 8. The zero-order valence-corrected chi connectivity index (χ0v) is 23.7. The monoisotopic (exact) mass is 598 g/mol. The van der Waals surface area contributed by atoms with Crippen LogP contribution in [0.2, 0.25) is 0 Å². The number of benzene rings is 2. The predicted octanol–water partition coefficient (Wildman–Crippen LogP) is 6.91. The highest BCUT2D eigenvalue weighted by Crippen LogP contribution is 2.21. The summed E-state index contributed by atoms with van der Waals surface area (Å²) in [5.41, 5.74) is 3.15. The van der Waals surface area contributed by atoms with E-state index in [2.05, 4.69) is 72.3 Å². The number of carbonyl (C=O) groups is 2. The third kappa shape index (κ3) is 11.6. The molecule has 37 heavy (non-hydrogen) atoms. The number of carbonyl (C=O) groups excluding carboxylic acids is 2. The highest BCUT2D eigenvalue weighted by atomic mass is 79.9. The van der Waals surface area contributed by atoms with Crippen LogP contribution in [0.25, 0.3) is 0 Å². The van der Waals surface area contributed by atoms with Gasteiger partial charge in [0.05, 0.1) is 19.2 Å². The first-order valence-corrected chi connectivity index (χ1v) is 13.5. The van der Waals surface area contributed by atoms with E-state index in [1.54, 1.807) is 36.0 Å². The zero-order chi connectivity index (χ0) is 26.9. The Labute approximate surface area is 235 Å². The number of thiol groups is 1. The van der Waals surface area contributed by atoms with Crippen molar-refractivity contribution in [3.8, 4) is 0 Å². The van der Waals surface area contributed by atoms with Gasteiger partial charge in [-0.15, -0.1) is 11.8 Å². The summed E-state index contributed by atoms with van der Waals surface area (Å²) in [6.07, 6.45) is 0. The number of ether oxygens (including phenoxy) is 2. The lowest BCUT2D eigenvalue weighted by molar-refractivity contribution is 0.0585. The smallest absolute Gasteiger partial charge is 0.356 e. The second kappa shape index (κ2) is 17.3. The van der Waals surface area contributed by atoms with Crippen molar-refractivity contribution >= 4 is 52.3 Å².